The van der Waals surface area contributed by atoms with E-state index < -0.39 is 32.5 Å². The van der Waals surface area contributed by atoms with Gasteiger partial charge in [0.15, 0.2) is 11.9 Å². The molecule has 52 heavy (non-hydrogen) atoms. The molecule has 0 aliphatic rings. The number of unbranched alkanes of at least 4 members (excludes halogenated alkanes) is 20. The van der Waals surface area contributed by atoms with Crippen molar-refractivity contribution in [1.29, 1.82) is 0 Å². The van der Waals surface area contributed by atoms with Crippen LogP contribution in [0, 0.1) is 5.92 Å². The van der Waals surface area contributed by atoms with Crippen LogP contribution in [0.25, 0.3) is 0 Å². The molecule has 0 spiro atoms. The van der Waals surface area contributed by atoms with Gasteiger partial charge in [0.25, 0.3) is 0 Å². The number of ketones is 1. The van der Waals surface area contributed by atoms with Crippen LogP contribution in [-0.2, 0) is 32.9 Å². The van der Waals surface area contributed by atoms with Gasteiger partial charge in [-0.05, 0) is 44.1 Å². The first-order chi connectivity index (χ1) is 25.1. The lowest BCUT2D eigenvalue weighted by molar-refractivity contribution is -0.161. The van der Waals surface area contributed by atoms with Crippen LogP contribution in [0.5, 0.6) is 0 Å². The molecular formula is C42H77O9P. The van der Waals surface area contributed by atoms with Crippen LogP contribution in [0.4, 0.5) is 0 Å². The quantitative estimate of drug-likeness (QED) is 0.0207. The highest BCUT2D eigenvalue weighted by molar-refractivity contribution is 7.46. The van der Waals surface area contributed by atoms with Crippen molar-refractivity contribution in [3.05, 3.63) is 24.3 Å². The highest BCUT2D eigenvalue weighted by Crippen LogP contribution is 2.36. The summed E-state index contributed by atoms with van der Waals surface area (Å²) in [4.78, 5) is 54.8. The van der Waals surface area contributed by atoms with E-state index in [1.807, 2.05) is 12.2 Å². The Morgan fingerprint density at radius 1 is 0.615 bits per heavy atom. The van der Waals surface area contributed by atoms with Crippen LogP contribution in [-0.4, -0.2) is 46.8 Å². The van der Waals surface area contributed by atoms with E-state index in [0.717, 1.165) is 57.3 Å². The van der Waals surface area contributed by atoms with Crippen LogP contribution >= 0.6 is 7.82 Å². The molecule has 0 saturated heterocycles. The Morgan fingerprint density at radius 3 is 1.63 bits per heavy atom. The molecule has 0 heterocycles. The Hall–Kier alpha value is -1.80. The van der Waals surface area contributed by atoms with Gasteiger partial charge in [-0.2, -0.15) is 0 Å². The van der Waals surface area contributed by atoms with Gasteiger partial charge in [0.05, 0.1) is 6.61 Å². The number of rotatable bonds is 38. The highest BCUT2D eigenvalue weighted by Gasteiger charge is 2.23. The molecule has 0 rings (SSSR count). The molecule has 0 aliphatic carbocycles. The molecule has 0 fully saturated rings. The fraction of sp³-hybridized carbons (Fsp3) is 0.833. The molecule has 2 N–H and O–H groups in total. The minimum atomic E-state index is -4.78. The molecule has 304 valence electrons. The molecule has 0 aromatic rings. The summed E-state index contributed by atoms with van der Waals surface area (Å²) in [5, 5.41) is 0. The lowest BCUT2D eigenvalue weighted by Gasteiger charge is -2.18. The molecule has 1 unspecified atom stereocenters. The molecule has 0 aliphatic heterocycles. The Labute approximate surface area is 317 Å². The van der Waals surface area contributed by atoms with E-state index >= 15 is 0 Å². The first-order valence-electron chi connectivity index (χ1n) is 21.0. The first kappa shape index (κ1) is 50.2. The van der Waals surface area contributed by atoms with E-state index in [0.29, 0.717) is 19.3 Å². The second-order valence-electron chi connectivity index (χ2n) is 14.6. The maximum absolute atomic E-state index is 12.4. The number of hydrogen-bond acceptors (Lipinski definition) is 7. The standard InChI is InChI=1S/C42H77O9P/c1-4-6-7-8-17-22-27-32-39(43)33-28-23-20-25-29-34-41(44)49-36-40(37-50-52(46,47)48)51-42(45)35-30-24-19-16-14-12-10-9-11-13-15-18-21-26-31-38(3)5-2/h17,22,27,32,38,40H,4-16,18-21,23-26,28-31,33-37H2,1-3H3,(H2,46,47,48)/b22-17-,32-27+/t38?,40-/m1/s1. The lowest BCUT2D eigenvalue weighted by atomic mass is 9.99. The van der Waals surface area contributed by atoms with Gasteiger partial charge in [0.2, 0.25) is 0 Å². The third kappa shape index (κ3) is 37.9. The largest absolute Gasteiger partial charge is 0.469 e. The van der Waals surface area contributed by atoms with Crippen molar-refractivity contribution in [2.75, 3.05) is 13.2 Å². The average Bonchev–Trinajstić information content (AvgIpc) is 3.11. The van der Waals surface area contributed by atoms with E-state index in [9.17, 15) is 18.9 Å². The fourth-order valence-corrected chi connectivity index (χ4v) is 6.28. The van der Waals surface area contributed by atoms with Crippen molar-refractivity contribution in [3.63, 3.8) is 0 Å². The molecule has 0 saturated carbocycles. The highest BCUT2D eigenvalue weighted by atomic mass is 31.2. The van der Waals surface area contributed by atoms with E-state index in [1.165, 1.54) is 96.3 Å². The molecule has 10 heteroatoms. The second-order valence-corrected chi connectivity index (χ2v) is 15.8. The van der Waals surface area contributed by atoms with Crippen LogP contribution in [0.2, 0.25) is 0 Å². The molecule has 2 atom stereocenters. The Kier molecular flexibility index (Phi) is 34.9. The number of hydrogen-bond donors (Lipinski definition) is 2. The van der Waals surface area contributed by atoms with Gasteiger partial charge in [-0.3, -0.25) is 18.9 Å². The summed E-state index contributed by atoms with van der Waals surface area (Å²) in [5.41, 5.74) is 0. The molecule has 0 aromatic heterocycles. The number of carbonyl (C=O) groups is 3. The van der Waals surface area contributed by atoms with Gasteiger partial charge >= 0.3 is 19.8 Å². The monoisotopic (exact) mass is 757 g/mol. The minimum absolute atomic E-state index is 0.120. The molecular weight excluding hydrogens is 679 g/mol. The number of phosphoric ester groups is 1. The first-order valence-corrected chi connectivity index (χ1v) is 22.5. The van der Waals surface area contributed by atoms with Gasteiger partial charge < -0.3 is 19.3 Å². The van der Waals surface area contributed by atoms with Crippen molar-refractivity contribution in [2.45, 2.75) is 207 Å². The number of allylic oxidation sites excluding steroid dienone is 4. The molecule has 0 radical (unpaired) electrons. The van der Waals surface area contributed by atoms with Crippen LogP contribution in [0.1, 0.15) is 201 Å². The number of esters is 2. The lowest BCUT2D eigenvalue weighted by Crippen LogP contribution is -2.29. The Bertz CT molecular complexity index is 975. The zero-order valence-electron chi connectivity index (χ0n) is 33.4. The van der Waals surface area contributed by atoms with Crippen LogP contribution < -0.4 is 0 Å². The van der Waals surface area contributed by atoms with E-state index in [-0.39, 0.29) is 25.2 Å². The van der Waals surface area contributed by atoms with E-state index in [4.69, 9.17) is 19.3 Å². The van der Waals surface area contributed by atoms with E-state index in [2.05, 4.69) is 31.4 Å². The number of ether oxygens (including phenoxy) is 2. The van der Waals surface area contributed by atoms with Crippen molar-refractivity contribution in [2.24, 2.45) is 5.92 Å². The number of carbonyl (C=O) groups excluding carboxylic acids is 3. The molecule has 0 bridgehead atoms. The average molecular weight is 757 g/mol. The number of phosphoric acid groups is 1. The maximum Gasteiger partial charge on any atom is 0.469 e. The summed E-state index contributed by atoms with van der Waals surface area (Å²) < 4.78 is 26.3. The molecule has 0 amide bonds. The fourth-order valence-electron chi connectivity index (χ4n) is 5.92. The van der Waals surface area contributed by atoms with Crippen molar-refractivity contribution >= 4 is 25.5 Å². The van der Waals surface area contributed by atoms with E-state index in [1.54, 1.807) is 6.08 Å². The summed E-state index contributed by atoms with van der Waals surface area (Å²) in [6.07, 6.45) is 35.7. The summed E-state index contributed by atoms with van der Waals surface area (Å²) >= 11 is 0. The van der Waals surface area contributed by atoms with Gasteiger partial charge in [0.1, 0.15) is 6.61 Å². The SMILES string of the molecule is CCCCC/C=C\C=C\C(=O)CCCCCCCC(=O)OC[C@H](COP(=O)(O)O)OC(=O)CCCCCCCCCCCCCCCCC(C)CC. The Morgan fingerprint density at radius 2 is 1.12 bits per heavy atom. The van der Waals surface area contributed by atoms with Gasteiger partial charge in [-0.15, -0.1) is 0 Å². The maximum atomic E-state index is 12.4. The molecule has 0 aromatic carbocycles. The Balaban J connectivity index is 3.98. The normalized spacial score (nSPS) is 13.2. The predicted molar refractivity (Wildman–Crippen MR) is 212 cm³/mol. The smallest absolute Gasteiger partial charge is 0.462 e. The van der Waals surface area contributed by atoms with Crippen LogP contribution in [0.3, 0.4) is 0 Å². The van der Waals surface area contributed by atoms with Gasteiger partial charge in [-0.1, -0.05) is 167 Å². The van der Waals surface area contributed by atoms with Crippen molar-refractivity contribution < 1.29 is 42.7 Å². The van der Waals surface area contributed by atoms with Gasteiger partial charge in [-0.25, -0.2) is 4.57 Å². The topological polar surface area (TPSA) is 136 Å². The summed E-state index contributed by atoms with van der Waals surface area (Å²) in [6, 6.07) is 0. The summed E-state index contributed by atoms with van der Waals surface area (Å²) in [6.45, 7) is 5.91. The third-order valence-corrected chi connectivity index (χ3v) is 9.97. The predicted octanol–water partition coefficient (Wildman–Crippen LogP) is 11.8. The molecule has 9 nitrogen and oxygen atoms in total. The zero-order chi connectivity index (χ0) is 38.5. The summed E-state index contributed by atoms with van der Waals surface area (Å²) in [7, 11) is -4.78. The zero-order valence-corrected chi connectivity index (χ0v) is 34.3. The summed E-state index contributed by atoms with van der Waals surface area (Å²) in [5.74, 6) is 0.0240. The van der Waals surface area contributed by atoms with Crippen LogP contribution in [0.15, 0.2) is 24.3 Å². The second kappa shape index (κ2) is 36.2. The van der Waals surface area contributed by atoms with Gasteiger partial charge in [0, 0.05) is 19.3 Å². The van der Waals surface area contributed by atoms with Crippen molar-refractivity contribution in [3.8, 4) is 0 Å². The minimum Gasteiger partial charge on any atom is -0.462 e. The third-order valence-electron chi connectivity index (χ3n) is 9.49. The van der Waals surface area contributed by atoms with Crippen molar-refractivity contribution in [1.82, 2.24) is 0 Å².